The fourth-order valence-corrected chi connectivity index (χ4v) is 0.799. The van der Waals surface area contributed by atoms with Crippen LogP contribution in [-0.2, 0) is 4.79 Å². The Morgan fingerprint density at radius 2 is 2.07 bits per heavy atom. The smallest absolute Gasteiger partial charge is 0.353 e. The van der Waals surface area contributed by atoms with Crippen molar-refractivity contribution >= 4 is 17.7 Å². The minimum absolute atomic E-state index is 0.0563. The molecule has 1 amide bonds. The maximum Gasteiger partial charge on any atom is 0.353 e. The van der Waals surface area contributed by atoms with E-state index in [1.54, 1.807) is 20.8 Å². The van der Waals surface area contributed by atoms with Crippen LogP contribution in [0.4, 0.5) is 5.82 Å². The molecule has 0 unspecified atom stereocenters. The highest BCUT2D eigenvalue weighted by molar-refractivity contribution is 5.95. The van der Waals surface area contributed by atoms with Crippen molar-refractivity contribution in [2.75, 3.05) is 5.32 Å². The van der Waals surface area contributed by atoms with Crippen LogP contribution in [0.2, 0.25) is 0 Å². The lowest BCUT2D eigenvalue weighted by Gasteiger charge is -2.15. The molecule has 0 aliphatic heterocycles. The summed E-state index contributed by atoms with van der Waals surface area (Å²) in [5.74, 6) is -1.11. The molecule has 1 rings (SSSR count). The van der Waals surface area contributed by atoms with Gasteiger partial charge in [-0.05, 0) is 0 Å². The second-order valence-corrected chi connectivity index (χ2v) is 4.18. The van der Waals surface area contributed by atoms with Gasteiger partial charge in [-0.1, -0.05) is 20.8 Å². The topological polar surface area (TPSA) is 95.1 Å². The van der Waals surface area contributed by atoms with E-state index in [-0.39, 0.29) is 17.4 Å². The number of nitrogens with zero attached hydrogens (tertiary/aromatic N) is 1. The molecule has 82 valence electrons. The molecular weight excluding hydrogens is 198 g/mol. The normalized spacial score (nSPS) is 11.1. The second kappa shape index (κ2) is 3.72. The summed E-state index contributed by atoms with van der Waals surface area (Å²) < 4.78 is 0. The molecule has 0 bridgehead atoms. The van der Waals surface area contributed by atoms with Gasteiger partial charge >= 0.3 is 5.97 Å². The average Bonchev–Trinajstić information content (AvgIpc) is 2.50. The molecule has 0 saturated carbocycles. The highest BCUT2D eigenvalue weighted by Crippen LogP contribution is 2.16. The van der Waals surface area contributed by atoms with Gasteiger partial charge in [0.2, 0.25) is 5.91 Å². The molecule has 0 fully saturated rings. The van der Waals surface area contributed by atoms with Crippen molar-refractivity contribution in [3.05, 3.63) is 11.8 Å². The van der Waals surface area contributed by atoms with E-state index in [4.69, 9.17) is 5.11 Å². The van der Waals surface area contributed by atoms with E-state index in [1.165, 1.54) is 6.07 Å². The number of anilines is 1. The van der Waals surface area contributed by atoms with Crippen LogP contribution in [0.5, 0.6) is 0 Å². The lowest BCUT2D eigenvalue weighted by atomic mass is 9.96. The predicted molar refractivity (Wildman–Crippen MR) is 53.6 cm³/mol. The summed E-state index contributed by atoms with van der Waals surface area (Å²) in [5, 5.41) is 17.1. The third-order valence-corrected chi connectivity index (χ3v) is 1.73. The van der Waals surface area contributed by atoms with Crippen molar-refractivity contribution < 1.29 is 14.7 Å². The zero-order valence-corrected chi connectivity index (χ0v) is 8.79. The van der Waals surface area contributed by atoms with Gasteiger partial charge in [0.15, 0.2) is 5.82 Å². The van der Waals surface area contributed by atoms with Crippen LogP contribution in [0, 0.1) is 5.41 Å². The third-order valence-electron chi connectivity index (χ3n) is 1.73. The van der Waals surface area contributed by atoms with Crippen molar-refractivity contribution in [2.45, 2.75) is 20.8 Å². The fourth-order valence-electron chi connectivity index (χ4n) is 0.799. The first kappa shape index (κ1) is 11.2. The Bertz CT molecular complexity index is 390. The molecule has 1 aromatic heterocycles. The summed E-state index contributed by atoms with van der Waals surface area (Å²) >= 11 is 0. The first-order valence-corrected chi connectivity index (χ1v) is 4.41. The number of carboxylic acids is 1. The highest BCUT2D eigenvalue weighted by atomic mass is 16.4. The lowest BCUT2D eigenvalue weighted by Crippen LogP contribution is -2.27. The summed E-state index contributed by atoms with van der Waals surface area (Å²) in [4.78, 5) is 22.0. The molecule has 0 spiro atoms. The van der Waals surface area contributed by atoms with Crippen LogP contribution < -0.4 is 5.32 Å². The molecule has 3 N–H and O–H groups in total. The number of amides is 1. The van der Waals surface area contributed by atoms with E-state index in [1.807, 2.05) is 0 Å². The van der Waals surface area contributed by atoms with Crippen LogP contribution in [0.15, 0.2) is 6.07 Å². The molecule has 0 atom stereocenters. The fraction of sp³-hybridized carbons (Fsp3) is 0.444. The highest BCUT2D eigenvalue weighted by Gasteiger charge is 2.22. The summed E-state index contributed by atoms with van der Waals surface area (Å²) in [6, 6.07) is 1.27. The van der Waals surface area contributed by atoms with Crippen LogP contribution in [0.1, 0.15) is 31.3 Å². The van der Waals surface area contributed by atoms with Gasteiger partial charge in [0, 0.05) is 11.5 Å². The number of carbonyl (C=O) groups is 2. The monoisotopic (exact) mass is 211 g/mol. The van der Waals surface area contributed by atoms with E-state index < -0.39 is 11.4 Å². The summed E-state index contributed by atoms with van der Waals surface area (Å²) in [7, 11) is 0. The van der Waals surface area contributed by atoms with Gasteiger partial charge in [0.25, 0.3) is 0 Å². The van der Waals surface area contributed by atoms with Crippen LogP contribution in [0.25, 0.3) is 0 Å². The first-order chi connectivity index (χ1) is 6.80. The van der Waals surface area contributed by atoms with E-state index in [2.05, 4.69) is 15.5 Å². The van der Waals surface area contributed by atoms with Crippen molar-refractivity contribution in [3.63, 3.8) is 0 Å². The first-order valence-electron chi connectivity index (χ1n) is 4.41. The van der Waals surface area contributed by atoms with E-state index >= 15 is 0 Å². The van der Waals surface area contributed by atoms with E-state index in [0.717, 1.165) is 0 Å². The Labute approximate surface area is 86.7 Å². The van der Waals surface area contributed by atoms with Gasteiger partial charge in [-0.15, -0.1) is 0 Å². The van der Waals surface area contributed by atoms with Crippen molar-refractivity contribution in [3.8, 4) is 0 Å². The quantitative estimate of drug-likeness (QED) is 0.682. The number of aromatic amines is 1. The summed E-state index contributed by atoms with van der Waals surface area (Å²) in [6.07, 6.45) is 0. The third kappa shape index (κ3) is 2.80. The zero-order chi connectivity index (χ0) is 11.6. The number of aromatic nitrogens is 2. The molecule has 0 aromatic carbocycles. The molecule has 6 nitrogen and oxygen atoms in total. The molecule has 1 aromatic rings. The molecule has 1 heterocycles. The number of hydrogen-bond acceptors (Lipinski definition) is 3. The van der Waals surface area contributed by atoms with Gasteiger partial charge in [0.1, 0.15) is 5.69 Å². The largest absolute Gasteiger partial charge is 0.477 e. The van der Waals surface area contributed by atoms with Gasteiger partial charge < -0.3 is 10.4 Å². The van der Waals surface area contributed by atoms with Gasteiger partial charge in [-0.3, -0.25) is 9.89 Å². The summed E-state index contributed by atoms with van der Waals surface area (Å²) in [5.41, 5.74) is -0.596. The second-order valence-electron chi connectivity index (χ2n) is 4.18. The van der Waals surface area contributed by atoms with Crippen molar-refractivity contribution in [1.29, 1.82) is 0 Å². The predicted octanol–water partition coefficient (Wildman–Crippen LogP) is 1.09. The molecule has 0 aliphatic carbocycles. The molecule has 0 saturated heterocycles. The molecule has 0 radical (unpaired) electrons. The number of aromatic carboxylic acids is 1. The van der Waals surface area contributed by atoms with Gasteiger partial charge in [-0.2, -0.15) is 5.10 Å². The molecule has 15 heavy (non-hydrogen) atoms. The number of hydrogen-bond donors (Lipinski definition) is 3. The maximum absolute atomic E-state index is 11.5. The van der Waals surface area contributed by atoms with E-state index in [0.29, 0.717) is 0 Å². The summed E-state index contributed by atoms with van der Waals surface area (Å²) in [6.45, 7) is 5.27. The van der Waals surface area contributed by atoms with Crippen LogP contribution in [0.3, 0.4) is 0 Å². The zero-order valence-electron chi connectivity index (χ0n) is 8.79. The van der Waals surface area contributed by atoms with E-state index in [9.17, 15) is 9.59 Å². The Hall–Kier alpha value is -1.85. The Morgan fingerprint density at radius 1 is 1.47 bits per heavy atom. The number of carbonyl (C=O) groups excluding carboxylic acids is 1. The van der Waals surface area contributed by atoms with Crippen molar-refractivity contribution in [2.24, 2.45) is 5.41 Å². The Balaban J connectivity index is 2.74. The minimum Gasteiger partial charge on any atom is -0.477 e. The van der Waals surface area contributed by atoms with Gasteiger partial charge in [-0.25, -0.2) is 4.79 Å². The molecule has 6 heteroatoms. The average molecular weight is 211 g/mol. The van der Waals surface area contributed by atoms with Crippen LogP contribution >= 0.6 is 0 Å². The van der Waals surface area contributed by atoms with Crippen molar-refractivity contribution in [1.82, 2.24) is 10.2 Å². The minimum atomic E-state index is -1.11. The Kier molecular flexibility index (Phi) is 2.78. The lowest BCUT2D eigenvalue weighted by molar-refractivity contribution is -0.123. The maximum atomic E-state index is 11.5. The SMILES string of the molecule is CC(C)(C)C(=O)Nc1cc(C(=O)O)[nH]n1. The number of H-pyrrole nitrogens is 1. The van der Waals surface area contributed by atoms with Gasteiger partial charge in [0.05, 0.1) is 0 Å². The molecular formula is C9H13N3O3. The Morgan fingerprint density at radius 3 is 2.47 bits per heavy atom. The van der Waals surface area contributed by atoms with Crippen LogP contribution in [-0.4, -0.2) is 27.2 Å². The molecule has 0 aliphatic rings. The number of nitrogens with one attached hydrogen (secondary N) is 2. The standard InChI is InChI=1S/C9H13N3O3/c1-9(2,3)8(15)10-6-4-5(7(13)14)11-12-6/h4H,1-3H3,(H,13,14)(H2,10,11,12,15). The number of carboxylic acid groups (broad SMARTS) is 1. The number of rotatable bonds is 2.